The van der Waals surface area contributed by atoms with Gasteiger partial charge in [-0.05, 0) is 36.3 Å². The molecule has 1 aromatic heterocycles. The standard InChI is InChI=1S/C20H30N4/c1-7-11-21-18-12-15(6)22-20(23-18)24-19-16(13(2)3)9-8-10-17(19)14(4)5/h8-10,12-14H,7,11H2,1-6H3,(H2,21,22,23,24). The molecule has 4 heteroatoms. The number of hydrogen-bond donors (Lipinski definition) is 2. The van der Waals surface area contributed by atoms with Crippen LogP contribution in [0.5, 0.6) is 0 Å². The van der Waals surface area contributed by atoms with Crippen LogP contribution in [0.1, 0.15) is 69.7 Å². The third-order valence-corrected chi connectivity index (χ3v) is 4.02. The van der Waals surface area contributed by atoms with Crippen LogP contribution < -0.4 is 10.6 Å². The highest BCUT2D eigenvalue weighted by molar-refractivity contribution is 5.66. The van der Waals surface area contributed by atoms with Crippen LogP contribution >= 0.6 is 0 Å². The fraction of sp³-hybridized carbons (Fsp3) is 0.500. The average molecular weight is 326 g/mol. The first-order valence-electron chi connectivity index (χ1n) is 8.91. The fourth-order valence-electron chi connectivity index (χ4n) is 2.78. The van der Waals surface area contributed by atoms with Crippen molar-refractivity contribution < 1.29 is 0 Å². The SMILES string of the molecule is CCCNc1cc(C)nc(Nc2c(C(C)C)cccc2C(C)C)n1. The van der Waals surface area contributed by atoms with Crippen molar-refractivity contribution in [3.63, 3.8) is 0 Å². The van der Waals surface area contributed by atoms with Gasteiger partial charge in [0.1, 0.15) is 5.82 Å². The lowest BCUT2D eigenvalue weighted by atomic mass is 9.93. The third-order valence-electron chi connectivity index (χ3n) is 4.02. The second-order valence-electron chi connectivity index (χ2n) is 6.89. The topological polar surface area (TPSA) is 49.8 Å². The maximum absolute atomic E-state index is 4.63. The van der Waals surface area contributed by atoms with Crippen LogP contribution in [0.2, 0.25) is 0 Å². The molecule has 24 heavy (non-hydrogen) atoms. The number of rotatable bonds is 7. The number of hydrogen-bond acceptors (Lipinski definition) is 4. The van der Waals surface area contributed by atoms with Crippen molar-refractivity contribution in [2.75, 3.05) is 17.2 Å². The van der Waals surface area contributed by atoms with Gasteiger partial charge in [-0.25, -0.2) is 4.98 Å². The van der Waals surface area contributed by atoms with E-state index in [9.17, 15) is 0 Å². The number of aryl methyl sites for hydroxylation is 1. The minimum absolute atomic E-state index is 0.439. The normalized spacial score (nSPS) is 11.2. The summed E-state index contributed by atoms with van der Waals surface area (Å²) in [5.41, 5.74) is 4.71. The minimum Gasteiger partial charge on any atom is -0.370 e. The summed E-state index contributed by atoms with van der Waals surface area (Å²) in [7, 11) is 0. The van der Waals surface area contributed by atoms with Gasteiger partial charge < -0.3 is 10.6 Å². The Bertz CT molecular complexity index is 651. The van der Waals surface area contributed by atoms with E-state index in [1.807, 2.05) is 13.0 Å². The van der Waals surface area contributed by atoms with Crippen molar-refractivity contribution >= 4 is 17.5 Å². The highest BCUT2D eigenvalue weighted by Crippen LogP contribution is 2.34. The predicted octanol–water partition coefficient (Wildman–Crippen LogP) is 5.60. The molecule has 0 spiro atoms. The monoisotopic (exact) mass is 326 g/mol. The molecule has 0 saturated heterocycles. The Kier molecular flexibility index (Phi) is 6.18. The smallest absolute Gasteiger partial charge is 0.229 e. The summed E-state index contributed by atoms with van der Waals surface area (Å²) >= 11 is 0. The van der Waals surface area contributed by atoms with Gasteiger partial charge in [-0.2, -0.15) is 4.98 Å². The predicted molar refractivity (Wildman–Crippen MR) is 103 cm³/mol. The lowest BCUT2D eigenvalue weighted by Gasteiger charge is -2.20. The molecule has 0 aliphatic carbocycles. The molecule has 130 valence electrons. The quantitative estimate of drug-likeness (QED) is 0.695. The highest BCUT2D eigenvalue weighted by Gasteiger charge is 2.15. The van der Waals surface area contributed by atoms with E-state index < -0.39 is 0 Å². The van der Waals surface area contributed by atoms with E-state index in [4.69, 9.17) is 0 Å². The van der Waals surface area contributed by atoms with Crippen LogP contribution in [0.15, 0.2) is 24.3 Å². The Labute approximate surface area is 146 Å². The Morgan fingerprint density at radius 1 is 1.00 bits per heavy atom. The van der Waals surface area contributed by atoms with Crippen LogP contribution in [0.3, 0.4) is 0 Å². The zero-order valence-corrected chi connectivity index (χ0v) is 15.8. The molecule has 0 unspecified atom stereocenters. The third kappa shape index (κ3) is 4.47. The highest BCUT2D eigenvalue weighted by atomic mass is 15.1. The van der Waals surface area contributed by atoms with Crippen LogP contribution in [0.25, 0.3) is 0 Å². The summed E-state index contributed by atoms with van der Waals surface area (Å²) in [5.74, 6) is 2.41. The number of para-hydroxylation sites is 1. The molecule has 0 atom stereocenters. The molecule has 0 saturated carbocycles. The van der Waals surface area contributed by atoms with E-state index in [-0.39, 0.29) is 0 Å². The molecule has 0 radical (unpaired) electrons. The molecule has 2 aromatic rings. The molecular formula is C20H30N4. The summed E-state index contributed by atoms with van der Waals surface area (Å²) in [6, 6.07) is 8.50. The summed E-state index contributed by atoms with van der Waals surface area (Å²) in [4.78, 5) is 9.21. The number of benzene rings is 1. The second-order valence-corrected chi connectivity index (χ2v) is 6.89. The van der Waals surface area contributed by atoms with Gasteiger partial charge in [0.15, 0.2) is 0 Å². The zero-order valence-electron chi connectivity index (χ0n) is 15.8. The first-order chi connectivity index (χ1) is 11.4. The molecular weight excluding hydrogens is 296 g/mol. The molecule has 0 aliphatic heterocycles. The largest absolute Gasteiger partial charge is 0.370 e. The van der Waals surface area contributed by atoms with Crippen molar-refractivity contribution in [1.82, 2.24) is 9.97 Å². The maximum atomic E-state index is 4.63. The van der Waals surface area contributed by atoms with Crippen molar-refractivity contribution in [3.8, 4) is 0 Å². The van der Waals surface area contributed by atoms with Crippen LogP contribution in [-0.2, 0) is 0 Å². The Morgan fingerprint density at radius 3 is 2.17 bits per heavy atom. The van der Waals surface area contributed by atoms with Crippen molar-refractivity contribution in [2.24, 2.45) is 0 Å². The summed E-state index contributed by atoms with van der Waals surface area (Å²) < 4.78 is 0. The van der Waals surface area contributed by atoms with Gasteiger partial charge in [0.25, 0.3) is 0 Å². The van der Waals surface area contributed by atoms with Crippen LogP contribution in [0.4, 0.5) is 17.5 Å². The van der Waals surface area contributed by atoms with Gasteiger partial charge in [-0.3, -0.25) is 0 Å². The lowest BCUT2D eigenvalue weighted by Crippen LogP contribution is -2.09. The maximum Gasteiger partial charge on any atom is 0.229 e. The Balaban J connectivity index is 2.41. The second kappa shape index (κ2) is 8.13. The number of nitrogens with zero attached hydrogens (tertiary/aromatic N) is 2. The van der Waals surface area contributed by atoms with Gasteiger partial charge in [0.2, 0.25) is 5.95 Å². The summed E-state index contributed by atoms with van der Waals surface area (Å²) in [5, 5.41) is 6.84. The van der Waals surface area contributed by atoms with E-state index in [1.165, 1.54) is 11.1 Å². The molecule has 2 N–H and O–H groups in total. The van der Waals surface area contributed by atoms with E-state index in [1.54, 1.807) is 0 Å². The van der Waals surface area contributed by atoms with Crippen LogP contribution in [0, 0.1) is 6.92 Å². The Morgan fingerprint density at radius 2 is 1.62 bits per heavy atom. The zero-order chi connectivity index (χ0) is 17.7. The summed E-state index contributed by atoms with van der Waals surface area (Å²) in [6.07, 6.45) is 1.07. The molecule has 4 nitrogen and oxygen atoms in total. The fourth-order valence-corrected chi connectivity index (χ4v) is 2.78. The molecule has 0 amide bonds. The summed E-state index contributed by atoms with van der Waals surface area (Å²) in [6.45, 7) is 13.9. The molecule has 0 bridgehead atoms. The van der Waals surface area contributed by atoms with Crippen molar-refractivity contribution in [1.29, 1.82) is 0 Å². The van der Waals surface area contributed by atoms with Crippen LogP contribution in [-0.4, -0.2) is 16.5 Å². The number of nitrogens with one attached hydrogen (secondary N) is 2. The van der Waals surface area contributed by atoms with Gasteiger partial charge in [-0.1, -0.05) is 52.8 Å². The van der Waals surface area contributed by atoms with Crippen molar-refractivity contribution in [3.05, 3.63) is 41.1 Å². The minimum atomic E-state index is 0.439. The van der Waals surface area contributed by atoms with E-state index in [0.29, 0.717) is 17.8 Å². The van der Waals surface area contributed by atoms with E-state index in [2.05, 4.69) is 73.4 Å². The van der Waals surface area contributed by atoms with E-state index in [0.717, 1.165) is 30.2 Å². The molecule has 1 aromatic carbocycles. The molecule has 0 aliphatic rings. The van der Waals surface area contributed by atoms with Gasteiger partial charge >= 0.3 is 0 Å². The molecule has 2 rings (SSSR count). The van der Waals surface area contributed by atoms with Crippen molar-refractivity contribution in [2.45, 2.75) is 59.8 Å². The van der Waals surface area contributed by atoms with E-state index >= 15 is 0 Å². The number of anilines is 3. The van der Waals surface area contributed by atoms with Gasteiger partial charge in [0, 0.05) is 24.0 Å². The number of aromatic nitrogens is 2. The van der Waals surface area contributed by atoms with Gasteiger partial charge in [0.05, 0.1) is 0 Å². The first-order valence-corrected chi connectivity index (χ1v) is 8.91. The Hall–Kier alpha value is -2.10. The lowest BCUT2D eigenvalue weighted by molar-refractivity contribution is 0.837. The molecule has 1 heterocycles. The van der Waals surface area contributed by atoms with Gasteiger partial charge in [-0.15, -0.1) is 0 Å². The average Bonchev–Trinajstić information content (AvgIpc) is 2.52. The molecule has 0 fully saturated rings. The first kappa shape index (κ1) is 18.2.